The van der Waals surface area contributed by atoms with Crippen LogP contribution in [-0.4, -0.2) is 38.4 Å². The number of rotatable bonds is 8. The molecule has 0 aromatic heterocycles. The number of carbonyl (C=O) groups excluding carboxylic acids is 1. The molecule has 18 heavy (non-hydrogen) atoms. The Labute approximate surface area is 110 Å². The summed E-state index contributed by atoms with van der Waals surface area (Å²) >= 11 is 0. The third-order valence-corrected chi connectivity index (χ3v) is 3.87. The average Bonchev–Trinajstić information content (AvgIpc) is 2.79. The van der Waals surface area contributed by atoms with Gasteiger partial charge in [-0.3, -0.25) is 4.79 Å². The van der Waals surface area contributed by atoms with E-state index < -0.39 is 5.54 Å². The first-order chi connectivity index (χ1) is 8.71. The molecule has 0 bridgehead atoms. The summed E-state index contributed by atoms with van der Waals surface area (Å²) in [6.45, 7) is 5.95. The molecule has 0 radical (unpaired) electrons. The Balaban J connectivity index is 2.56. The highest BCUT2D eigenvalue weighted by atomic mass is 16.5. The van der Waals surface area contributed by atoms with Gasteiger partial charge in [0.1, 0.15) is 5.54 Å². The molecule has 4 heteroatoms. The monoisotopic (exact) mass is 257 g/mol. The summed E-state index contributed by atoms with van der Waals surface area (Å²) in [7, 11) is 1.86. The van der Waals surface area contributed by atoms with Gasteiger partial charge in [0.05, 0.1) is 6.61 Å². The molecule has 1 aliphatic carbocycles. The lowest BCUT2D eigenvalue weighted by Crippen LogP contribution is -2.54. The Kier molecular flexibility index (Phi) is 6.65. The van der Waals surface area contributed by atoms with E-state index in [9.17, 15) is 4.79 Å². The van der Waals surface area contributed by atoms with E-state index in [-0.39, 0.29) is 5.97 Å². The molecule has 1 aliphatic rings. The van der Waals surface area contributed by atoms with Crippen LogP contribution in [-0.2, 0) is 14.3 Å². The Morgan fingerprint density at radius 3 is 2.78 bits per heavy atom. The number of nitrogens with one attached hydrogen (secondary N) is 1. The van der Waals surface area contributed by atoms with Gasteiger partial charge in [-0.25, -0.2) is 0 Å². The fourth-order valence-corrected chi connectivity index (χ4v) is 2.90. The number of hydrogen-bond acceptors (Lipinski definition) is 4. The lowest BCUT2D eigenvalue weighted by atomic mass is 9.85. The molecule has 1 N–H and O–H groups in total. The fourth-order valence-electron chi connectivity index (χ4n) is 2.90. The maximum atomic E-state index is 12.2. The number of esters is 1. The topological polar surface area (TPSA) is 47.6 Å². The van der Waals surface area contributed by atoms with Crippen LogP contribution in [0.2, 0.25) is 0 Å². The second-order valence-corrected chi connectivity index (χ2v) is 4.93. The van der Waals surface area contributed by atoms with E-state index >= 15 is 0 Å². The van der Waals surface area contributed by atoms with Crippen LogP contribution in [0.4, 0.5) is 0 Å². The van der Waals surface area contributed by atoms with Crippen molar-refractivity contribution < 1.29 is 14.3 Å². The molecular formula is C14H27NO3. The van der Waals surface area contributed by atoms with Gasteiger partial charge in [0, 0.05) is 13.2 Å². The lowest BCUT2D eigenvalue weighted by Gasteiger charge is -2.32. The minimum atomic E-state index is -0.481. The van der Waals surface area contributed by atoms with Crippen molar-refractivity contribution in [2.45, 2.75) is 51.5 Å². The van der Waals surface area contributed by atoms with Gasteiger partial charge in [-0.05, 0) is 45.6 Å². The van der Waals surface area contributed by atoms with Gasteiger partial charge in [0.25, 0.3) is 0 Å². The number of carbonyl (C=O) groups is 1. The zero-order valence-corrected chi connectivity index (χ0v) is 12.0. The van der Waals surface area contributed by atoms with Crippen molar-refractivity contribution >= 4 is 5.97 Å². The zero-order chi connectivity index (χ0) is 13.4. The van der Waals surface area contributed by atoms with Crippen LogP contribution in [0, 0.1) is 5.92 Å². The number of ether oxygens (including phenoxy) is 2. The number of likely N-dealkylation sites (N-methyl/N-ethyl adjacent to an activating group) is 1. The van der Waals surface area contributed by atoms with Crippen LogP contribution in [0.3, 0.4) is 0 Å². The molecule has 0 aliphatic heterocycles. The minimum absolute atomic E-state index is 0.0921. The van der Waals surface area contributed by atoms with Crippen LogP contribution >= 0.6 is 0 Å². The van der Waals surface area contributed by atoms with Gasteiger partial charge in [0.15, 0.2) is 0 Å². The second-order valence-electron chi connectivity index (χ2n) is 4.93. The third-order valence-electron chi connectivity index (χ3n) is 3.87. The van der Waals surface area contributed by atoms with Gasteiger partial charge < -0.3 is 14.8 Å². The van der Waals surface area contributed by atoms with E-state index in [1.807, 2.05) is 14.0 Å². The quantitative estimate of drug-likeness (QED) is 0.534. The molecule has 1 fully saturated rings. The van der Waals surface area contributed by atoms with Crippen LogP contribution in [0.25, 0.3) is 0 Å². The molecule has 106 valence electrons. The smallest absolute Gasteiger partial charge is 0.326 e. The van der Waals surface area contributed by atoms with Crippen molar-refractivity contribution in [2.24, 2.45) is 5.92 Å². The minimum Gasteiger partial charge on any atom is -0.465 e. The molecule has 0 aromatic rings. The van der Waals surface area contributed by atoms with Gasteiger partial charge >= 0.3 is 5.97 Å². The van der Waals surface area contributed by atoms with E-state index in [2.05, 4.69) is 12.2 Å². The molecular weight excluding hydrogens is 230 g/mol. The summed E-state index contributed by atoms with van der Waals surface area (Å²) in [4.78, 5) is 12.2. The Bertz CT molecular complexity index is 257. The van der Waals surface area contributed by atoms with E-state index in [0.717, 1.165) is 45.3 Å². The van der Waals surface area contributed by atoms with Gasteiger partial charge in [-0.2, -0.15) is 0 Å². The van der Waals surface area contributed by atoms with Crippen molar-refractivity contribution in [3.63, 3.8) is 0 Å². The molecule has 2 atom stereocenters. The van der Waals surface area contributed by atoms with Crippen molar-refractivity contribution in [3.05, 3.63) is 0 Å². The molecule has 4 nitrogen and oxygen atoms in total. The summed E-state index contributed by atoms with van der Waals surface area (Å²) in [5.41, 5.74) is -0.481. The highest BCUT2D eigenvalue weighted by Crippen LogP contribution is 2.38. The molecule has 0 amide bonds. The SMILES string of the molecule is CCCOCCC1CCCC1(NC)C(=O)OCC. The summed E-state index contributed by atoms with van der Waals surface area (Å²) in [5, 5.41) is 3.22. The molecule has 0 heterocycles. The van der Waals surface area contributed by atoms with Crippen LogP contribution in [0.15, 0.2) is 0 Å². The second kappa shape index (κ2) is 7.74. The summed E-state index contributed by atoms with van der Waals surface area (Å²) in [6, 6.07) is 0. The van der Waals surface area contributed by atoms with E-state index in [1.54, 1.807) is 0 Å². The fraction of sp³-hybridized carbons (Fsp3) is 0.929. The maximum Gasteiger partial charge on any atom is 0.326 e. The molecule has 0 aromatic carbocycles. The first-order valence-corrected chi connectivity index (χ1v) is 7.15. The zero-order valence-electron chi connectivity index (χ0n) is 12.0. The van der Waals surface area contributed by atoms with Crippen molar-refractivity contribution in [3.8, 4) is 0 Å². The van der Waals surface area contributed by atoms with E-state index in [0.29, 0.717) is 12.5 Å². The molecule has 1 rings (SSSR count). The van der Waals surface area contributed by atoms with Gasteiger partial charge in [0.2, 0.25) is 0 Å². The first kappa shape index (κ1) is 15.4. The predicted octanol–water partition coefficient (Wildman–Crippen LogP) is 2.12. The van der Waals surface area contributed by atoms with E-state index in [1.165, 1.54) is 0 Å². The normalized spacial score (nSPS) is 27.4. The Morgan fingerprint density at radius 2 is 2.17 bits per heavy atom. The summed E-state index contributed by atoms with van der Waals surface area (Å²) in [5.74, 6) is 0.240. The van der Waals surface area contributed by atoms with Crippen LogP contribution < -0.4 is 5.32 Å². The van der Waals surface area contributed by atoms with Gasteiger partial charge in [-0.15, -0.1) is 0 Å². The van der Waals surface area contributed by atoms with Crippen molar-refractivity contribution in [2.75, 3.05) is 26.9 Å². The van der Waals surface area contributed by atoms with Crippen LogP contribution in [0.1, 0.15) is 46.0 Å². The lowest BCUT2D eigenvalue weighted by molar-refractivity contribution is -0.153. The standard InChI is InChI=1S/C14H27NO3/c1-4-10-17-11-8-12-7-6-9-14(12,15-3)13(16)18-5-2/h12,15H,4-11H2,1-3H3. The third kappa shape index (κ3) is 3.45. The largest absolute Gasteiger partial charge is 0.465 e. The van der Waals surface area contributed by atoms with Gasteiger partial charge in [-0.1, -0.05) is 13.3 Å². The Hall–Kier alpha value is -0.610. The maximum absolute atomic E-state index is 12.2. The average molecular weight is 257 g/mol. The predicted molar refractivity (Wildman–Crippen MR) is 71.5 cm³/mol. The molecule has 0 saturated heterocycles. The number of hydrogen-bond donors (Lipinski definition) is 1. The van der Waals surface area contributed by atoms with Crippen molar-refractivity contribution in [1.82, 2.24) is 5.32 Å². The summed E-state index contributed by atoms with van der Waals surface area (Å²) in [6.07, 6.45) is 5.01. The van der Waals surface area contributed by atoms with Crippen molar-refractivity contribution in [1.29, 1.82) is 0 Å². The Morgan fingerprint density at radius 1 is 1.39 bits per heavy atom. The molecule has 2 unspecified atom stereocenters. The first-order valence-electron chi connectivity index (χ1n) is 7.15. The van der Waals surface area contributed by atoms with Crippen LogP contribution in [0.5, 0.6) is 0 Å². The summed E-state index contributed by atoms with van der Waals surface area (Å²) < 4.78 is 10.8. The molecule has 1 saturated carbocycles. The molecule has 0 spiro atoms. The van der Waals surface area contributed by atoms with E-state index in [4.69, 9.17) is 9.47 Å². The highest BCUT2D eigenvalue weighted by molar-refractivity contribution is 5.81. The highest BCUT2D eigenvalue weighted by Gasteiger charge is 2.48.